The molecule has 0 aromatic carbocycles. The predicted molar refractivity (Wildman–Crippen MR) is 54.4 cm³/mol. The zero-order valence-corrected chi connectivity index (χ0v) is 8.76. The molecule has 3 nitrogen and oxygen atoms in total. The SMILES string of the molecule is CC(C)(C)C1=CC(=O)C(C(N)=O)=CC1. The van der Waals surface area contributed by atoms with Crippen molar-refractivity contribution in [2.75, 3.05) is 0 Å². The van der Waals surface area contributed by atoms with E-state index in [1.54, 1.807) is 6.08 Å². The van der Waals surface area contributed by atoms with E-state index in [0.717, 1.165) is 5.57 Å². The summed E-state index contributed by atoms with van der Waals surface area (Å²) in [5.74, 6) is -0.909. The minimum atomic E-state index is -0.640. The van der Waals surface area contributed by atoms with E-state index >= 15 is 0 Å². The molecule has 0 aliphatic heterocycles. The van der Waals surface area contributed by atoms with Crippen LogP contribution in [0.1, 0.15) is 27.2 Å². The lowest BCUT2D eigenvalue weighted by Crippen LogP contribution is -2.23. The summed E-state index contributed by atoms with van der Waals surface area (Å²) in [7, 11) is 0. The van der Waals surface area contributed by atoms with E-state index in [2.05, 4.69) is 0 Å². The van der Waals surface area contributed by atoms with Gasteiger partial charge in [-0.15, -0.1) is 0 Å². The summed E-state index contributed by atoms with van der Waals surface area (Å²) < 4.78 is 0. The molecule has 1 amide bonds. The van der Waals surface area contributed by atoms with Crippen LogP contribution in [0.3, 0.4) is 0 Å². The van der Waals surface area contributed by atoms with Crippen molar-refractivity contribution in [2.24, 2.45) is 11.1 Å². The molecule has 76 valence electrons. The van der Waals surface area contributed by atoms with Gasteiger partial charge in [-0.1, -0.05) is 32.4 Å². The van der Waals surface area contributed by atoms with Gasteiger partial charge in [0.25, 0.3) is 5.91 Å². The first kappa shape index (κ1) is 10.7. The summed E-state index contributed by atoms with van der Waals surface area (Å²) in [5, 5.41) is 0. The Morgan fingerprint density at radius 1 is 1.43 bits per heavy atom. The summed E-state index contributed by atoms with van der Waals surface area (Å²) in [6.45, 7) is 6.11. The van der Waals surface area contributed by atoms with Gasteiger partial charge >= 0.3 is 0 Å². The number of carbonyl (C=O) groups is 2. The molecule has 0 aromatic heterocycles. The molecule has 0 unspecified atom stereocenters. The Bertz CT molecular complexity index is 343. The molecular weight excluding hydrogens is 178 g/mol. The van der Waals surface area contributed by atoms with Gasteiger partial charge in [0.15, 0.2) is 5.78 Å². The third-order valence-electron chi connectivity index (χ3n) is 2.33. The van der Waals surface area contributed by atoms with E-state index in [-0.39, 0.29) is 16.8 Å². The molecule has 0 saturated heterocycles. The molecule has 0 heterocycles. The minimum Gasteiger partial charge on any atom is -0.365 e. The normalized spacial score (nSPS) is 17.5. The van der Waals surface area contributed by atoms with Crippen molar-refractivity contribution in [3.63, 3.8) is 0 Å². The molecule has 0 atom stereocenters. The van der Waals surface area contributed by atoms with Crippen LogP contribution in [0.2, 0.25) is 0 Å². The molecule has 2 N–H and O–H groups in total. The number of carbonyl (C=O) groups excluding carboxylic acids is 2. The maximum Gasteiger partial charge on any atom is 0.252 e. The van der Waals surface area contributed by atoms with E-state index in [1.807, 2.05) is 20.8 Å². The Morgan fingerprint density at radius 3 is 2.36 bits per heavy atom. The molecule has 0 spiro atoms. The molecule has 0 aromatic rings. The summed E-state index contributed by atoms with van der Waals surface area (Å²) in [6.07, 6.45) is 3.78. The number of ketones is 1. The second-order valence-corrected chi connectivity index (χ2v) is 4.47. The lowest BCUT2D eigenvalue weighted by molar-refractivity contribution is -0.118. The van der Waals surface area contributed by atoms with Gasteiger partial charge in [0, 0.05) is 0 Å². The van der Waals surface area contributed by atoms with Crippen molar-refractivity contribution >= 4 is 11.7 Å². The van der Waals surface area contributed by atoms with Crippen LogP contribution in [-0.4, -0.2) is 11.7 Å². The Kier molecular flexibility index (Phi) is 2.60. The summed E-state index contributed by atoms with van der Waals surface area (Å²) in [5.41, 5.74) is 6.17. The fourth-order valence-corrected chi connectivity index (χ4v) is 1.35. The van der Waals surface area contributed by atoms with Crippen molar-refractivity contribution < 1.29 is 9.59 Å². The van der Waals surface area contributed by atoms with Crippen LogP contribution in [0, 0.1) is 5.41 Å². The van der Waals surface area contributed by atoms with Crippen molar-refractivity contribution in [1.82, 2.24) is 0 Å². The average molecular weight is 193 g/mol. The topological polar surface area (TPSA) is 60.2 Å². The largest absolute Gasteiger partial charge is 0.365 e. The number of nitrogens with two attached hydrogens (primary N) is 1. The van der Waals surface area contributed by atoms with Gasteiger partial charge < -0.3 is 5.73 Å². The highest BCUT2D eigenvalue weighted by Crippen LogP contribution is 2.31. The highest BCUT2D eigenvalue weighted by atomic mass is 16.2. The Morgan fingerprint density at radius 2 is 2.00 bits per heavy atom. The number of primary amides is 1. The molecule has 3 heteroatoms. The van der Waals surface area contributed by atoms with Crippen LogP contribution in [0.25, 0.3) is 0 Å². The first-order valence-corrected chi connectivity index (χ1v) is 4.57. The van der Waals surface area contributed by atoms with Crippen LogP contribution in [0.15, 0.2) is 23.3 Å². The van der Waals surface area contributed by atoms with Crippen LogP contribution in [0.5, 0.6) is 0 Å². The minimum absolute atomic E-state index is 0.0324. The third-order valence-corrected chi connectivity index (χ3v) is 2.33. The van der Waals surface area contributed by atoms with Crippen LogP contribution in [-0.2, 0) is 9.59 Å². The number of hydrogen-bond donors (Lipinski definition) is 1. The quantitative estimate of drug-likeness (QED) is 0.639. The maximum absolute atomic E-state index is 11.4. The Balaban J connectivity index is 2.93. The van der Waals surface area contributed by atoms with E-state index in [9.17, 15) is 9.59 Å². The summed E-state index contributed by atoms with van der Waals surface area (Å²) in [4.78, 5) is 22.3. The molecule has 1 aliphatic carbocycles. The van der Waals surface area contributed by atoms with E-state index in [1.165, 1.54) is 6.08 Å². The maximum atomic E-state index is 11.4. The molecule has 1 aliphatic rings. The fraction of sp³-hybridized carbons (Fsp3) is 0.455. The van der Waals surface area contributed by atoms with Crippen LogP contribution >= 0.6 is 0 Å². The number of hydrogen-bond acceptors (Lipinski definition) is 2. The van der Waals surface area contributed by atoms with Gasteiger partial charge in [-0.2, -0.15) is 0 Å². The van der Waals surface area contributed by atoms with Crippen LogP contribution < -0.4 is 5.73 Å². The highest BCUT2D eigenvalue weighted by molar-refractivity contribution is 6.23. The second-order valence-electron chi connectivity index (χ2n) is 4.47. The molecule has 0 saturated carbocycles. The second kappa shape index (κ2) is 3.40. The standard InChI is InChI=1S/C11H15NO2/c1-11(2,3)7-4-5-8(10(12)14)9(13)6-7/h5-6H,4H2,1-3H3,(H2,12,14). The smallest absolute Gasteiger partial charge is 0.252 e. The van der Waals surface area contributed by atoms with Crippen molar-refractivity contribution in [3.8, 4) is 0 Å². The predicted octanol–water partition coefficient (Wildman–Crippen LogP) is 1.34. The monoisotopic (exact) mass is 193 g/mol. The molecule has 0 bridgehead atoms. The molecule has 0 radical (unpaired) electrons. The van der Waals surface area contributed by atoms with Crippen molar-refractivity contribution in [1.29, 1.82) is 0 Å². The molecule has 1 rings (SSSR count). The summed E-state index contributed by atoms with van der Waals surface area (Å²) >= 11 is 0. The zero-order chi connectivity index (χ0) is 10.9. The first-order valence-electron chi connectivity index (χ1n) is 4.57. The van der Waals surface area contributed by atoms with Crippen molar-refractivity contribution in [2.45, 2.75) is 27.2 Å². The van der Waals surface area contributed by atoms with Gasteiger partial charge in [0.2, 0.25) is 0 Å². The van der Waals surface area contributed by atoms with Gasteiger partial charge in [0.05, 0.1) is 5.57 Å². The van der Waals surface area contributed by atoms with Gasteiger partial charge in [-0.05, 0) is 17.9 Å². The number of rotatable bonds is 1. The van der Waals surface area contributed by atoms with Gasteiger partial charge in [0.1, 0.15) is 0 Å². The van der Waals surface area contributed by atoms with Crippen molar-refractivity contribution in [3.05, 3.63) is 23.3 Å². The summed E-state index contributed by atoms with van der Waals surface area (Å²) in [6, 6.07) is 0. The lowest BCUT2D eigenvalue weighted by atomic mass is 9.80. The number of amides is 1. The molecular formula is C11H15NO2. The fourth-order valence-electron chi connectivity index (χ4n) is 1.35. The average Bonchev–Trinajstić information content (AvgIpc) is 2.01. The third kappa shape index (κ3) is 2.10. The van der Waals surface area contributed by atoms with E-state index in [0.29, 0.717) is 6.42 Å². The zero-order valence-electron chi connectivity index (χ0n) is 8.76. The Labute approximate surface area is 83.7 Å². The lowest BCUT2D eigenvalue weighted by Gasteiger charge is -2.24. The van der Waals surface area contributed by atoms with Gasteiger partial charge in [-0.25, -0.2) is 0 Å². The first-order chi connectivity index (χ1) is 6.32. The van der Waals surface area contributed by atoms with E-state index < -0.39 is 5.91 Å². The van der Waals surface area contributed by atoms with Crippen LogP contribution in [0.4, 0.5) is 0 Å². The highest BCUT2D eigenvalue weighted by Gasteiger charge is 2.24. The Hall–Kier alpha value is -1.38. The van der Waals surface area contributed by atoms with Gasteiger partial charge in [-0.3, -0.25) is 9.59 Å². The number of allylic oxidation sites excluding steroid dienone is 3. The molecule has 0 fully saturated rings. The molecule has 14 heavy (non-hydrogen) atoms. The van der Waals surface area contributed by atoms with E-state index in [4.69, 9.17) is 5.73 Å².